The number of carboxylic acid groups (broad SMARTS) is 1. The molecule has 2 rings (SSSR count). The second-order valence-electron chi connectivity index (χ2n) is 4.26. The Hall–Kier alpha value is -0.260. The highest BCUT2D eigenvalue weighted by atomic mass is 32.2. The molecule has 0 radical (unpaired) electrons. The molecule has 1 N–H and O–H groups in total. The van der Waals surface area contributed by atoms with Crippen LogP contribution in [0.3, 0.4) is 0 Å². The molecule has 0 aromatic heterocycles. The maximum Gasteiger partial charge on any atom is 0.325 e. The third kappa shape index (κ3) is 1.88. The minimum Gasteiger partial charge on any atom is -0.480 e. The third-order valence-corrected chi connectivity index (χ3v) is 4.49. The van der Waals surface area contributed by atoms with Gasteiger partial charge in [0.15, 0.2) is 0 Å². The zero-order valence-electron chi connectivity index (χ0n) is 8.94. The predicted octanol–water partition coefficient (Wildman–Crippen LogP) is 0.667. The number of carboxylic acids is 1. The van der Waals surface area contributed by atoms with E-state index in [0.717, 1.165) is 18.7 Å². The number of thioether (sulfide) groups is 1. The molecule has 0 aromatic carbocycles. The molecule has 2 unspecified atom stereocenters. The van der Waals surface area contributed by atoms with Crippen LogP contribution in [0.5, 0.6) is 0 Å². The van der Waals surface area contributed by atoms with Crippen LogP contribution in [0.15, 0.2) is 0 Å². The summed E-state index contributed by atoms with van der Waals surface area (Å²) in [7, 11) is 0. The Bertz CT molecular complexity index is 253. The SMILES string of the molecule is CC1COCCN1C1(C(=O)O)CCSC1. The molecule has 0 aromatic rings. The summed E-state index contributed by atoms with van der Waals surface area (Å²) in [4.78, 5) is 13.6. The van der Waals surface area contributed by atoms with Gasteiger partial charge in [0.05, 0.1) is 13.2 Å². The van der Waals surface area contributed by atoms with Gasteiger partial charge in [-0.25, -0.2) is 0 Å². The lowest BCUT2D eigenvalue weighted by molar-refractivity contribution is -0.156. The third-order valence-electron chi connectivity index (χ3n) is 3.32. The lowest BCUT2D eigenvalue weighted by Gasteiger charge is -2.43. The van der Waals surface area contributed by atoms with Crippen LogP contribution < -0.4 is 0 Å². The first kappa shape index (κ1) is 11.2. The molecular weight excluding hydrogens is 214 g/mol. The molecule has 0 bridgehead atoms. The van der Waals surface area contributed by atoms with Gasteiger partial charge in [0.2, 0.25) is 0 Å². The van der Waals surface area contributed by atoms with Crippen LogP contribution in [0.4, 0.5) is 0 Å². The lowest BCUT2D eigenvalue weighted by Crippen LogP contribution is -2.61. The van der Waals surface area contributed by atoms with Crippen molar-refractivity contribution in [2.24, 2.45) is 0 Å². The second-order valence-corrected chi connectivity index (χ2v) is 5.36. The molecule has 0 aliphatic carbocycles. The summed E-state index contributed by atoms with van der Waals surface area (Å²) in [5.74, 6) is 1.00. The average Bonchev–Trinajstić information content (AvgIpc) is 2.68. The van der Waals surface area contributed by atoms with Crippen molar-refractivity contribution in [3.63, 3.8) is 0 Å². The van der Waals surface area contributed by atoms with Crippen LogP contribution in [0, 0.1) is 0 Å². The van der Waals surface area contributed by atoms with Crippen LogP contribution in [-0.4, -0.2) is 58.8 Å². The van der Waals surface area contributed by atoms with Crippen molar-refractivity contribution in [2.45, 2.75) is 24.9 Å². The molecule has 2 atom stereocenters. The highest BCUT2D eigenvalue weighted by molar-refractivity contribution is 7.99. The van der Waals surface area contributed by atoms with E-state index < -0.39 is 11.5 Å². The van der Waals surface area contributed by atoms with Crippen molar-refractivity contribution in [1.82, 2.24) is 4.90 Å². The van der Waals surface area contributed by atoms with E-state index in [2.05, 4.69) is 4.90 Å². The molecule has 5 heteroatoms. The predicted molar refractivity (Wildman–Crippen MR) is 59.3 cm³/mol. The Labute approximate surface area is 94.0 Å². The van der Waals surface area contributed by atoms with Gasteiger partial charge in [0, 0.05) is 18.3 Å². The summed E-state index contributed by atoms with van der Waals surface area (Å²) in [6, 6.07) is 0.216. The monoisotopic (exact) mass is 231 g/mol. The molecule has 4 nitrogen and oxygen atoms in total. The summed E-state index contributed by atoms with van der Waals surface area (Å²) in [6.07, 6.45) is 0.761. The summed E-state index contributed by atoms with van der Waals surface area (Å²) >= 11 is 1.74. The van der Waals surface area contributed by atoms with E-state index in [1.165, 1.54) is 0 Å². The fraction of sp³-hybridized carbons (Fsp3) is 0.900. The number of morpholine rings is 1. The Morgan fingerprint density at radius 2 is 2.47 bits per heavy atom. The molecule has 86 valence electrons. The number of hydrogen-bond acceptors (Lipinski definition) is 4. The van der Waals surface area contributed by atoms with Crippen LogP contribution in [-0.2, 0) is 9.53 Å². The van der Waals surface area contributed by atoms with Crippen LogP contribution in [0.2, 0.25) is 0 Å². The van der Waals surface area contributed by atoms with Crippen molar-refractivity contribution in [3.8, 4) is 0 Å². The summed E-state index contributed by atoms with van der Waals surface area (Å²) in [5, 5.41) is 9.44. The van der Waals surface area contributed by atoms with Crippen LogP contribution in [0.1, 0.15) is 13.3 Å². The fourth-order valence-corrected chi connectivity index (χ4v) is 3.83. The Morgan fingerprint density at radius 3 is 3.00 bits per heavy atom. The van der Waals surface area contributed by atoms with E-state index in [9.17, 15) is 9.90 Å². The summed E-state index contributed by atoms with van der Waals surface area (Å²) in [6.45, 7) is 4.10. The molecule has 0 spiro atoms. The maximum absolute atomic E-state index is 11.5. The molecule has 2 heterocycles. The quantitative estimate of drug-likeness (QED) is 0.757. The number of ether oxygens (including phenoxy) is 1. The number of nitrogens with zero attached hydrogens (tertiary/aromatic N) is 1. The van der Waals surface area contributed by atoms with Gasteiger partial charge in [-0.1, -0.05) is 0 Å². The smallest absolute Gasteiger partial charge is 0.325 e. The highest BCUT2D eigenvalue weighted by Gasteiger charge is 2.49. The van der Waals surface area contributed by atoms with Crippen LogP contribution in [0.25, 0.3) is 0 Å². The van der Waals surface area contributed by atoms with Crippen molar-refractivity contribution in [2.75, 3.05) is 31.3 Å². The largest absolute Gasteiger partial charge is 0.480 e. The van der Waals surface area contributed by atoms with Gasteiger partial charge in [-0.15, -0.1) is 0 Å². The minimum absolute atomic E-state index is 0.216. The first-order valence-corrected chi connectivity index (χ1v) is 6.48. The zero-order valence-corrected chi connectivity index (χ0v) is 9.76. The van der Waals surface area contributed by atoms with E-state index in [4.69, 9.17) is 4.74 Å². The molecule has 15 heavy (non-hydrogen) atoms. The minimum atomic E-state index is -0.666. The molecule has 2 aliphatic heterocycles. The van der Waals surface area contributed by atoms with E-state index in [-0.39, 0.29) is 6.04 Å². The van der Waals surface area contributed by atoms with E-state index >= 15 is 0 Å². The normalized spacial score (nSPS) is 38.1. The molecule has 2 saturated heterocycles. The lowest BCUT2D eigenvalue weighted by atomic mass is 9.94. The van der Waals surface area contributed by atoms with Gasteiger partial charge in [-0.2, -0.15) is 11.8 Å². The number of aliphatic carboxylic acids is 1. The van der Waals surface area contributed by atoms with Gasteiger partial charge in [0.1, 0.15) is 5.54 Å². The van der Waals surface area contributed by atoms with Gasteiger partial charge in [0.25, 0.3) is 0 Å². The Kier molecular flexibility index (Phi) is 3.23. The number of carbonyl (C=O) groups is 1. The van der Waals surface area contributed by atoms with E-state index in [1.54, 1.807) is 11.8 Å². The maximum atomic E-state index is 11.5. The summed E-state index contributed by atoms with van der Waals surface area (Å²) < 4.78 is 5.35. The average molecular weight is 231 g/mol. The zero-order chi connectivity index (χ0) is 10.9. The van der Waals surface area contributed by atoms with Crippen molar-refractivity contribution in [1.29, 1.82) is 0 Å². The van der Waals surface area contributed by atoms with Crippen molar-refractivity contribution >= 4 is 17.7 Å². The van der Waals surface area contributed by atoms with Crippen molar-refractivity contribution in [3.05, 3.63) is 0 Å². The highest BCUT2D eigenvalue weighted by Crippen LogP contribution is 2.35. The fourth-order valence-electron chi connectivity index (χ4n) is 2.44. The van der Waals surface area contributed by atoms with E-state index in [1.807, 2.05) is 6.92 Å². The summed E-state index contributed by atoms with van der Waals surface area (Å²) in [5.41, 5.74) is -0.631. The van der Waals surface area contributed by atoms with Gasteiger partial charge >= 0.3 is 5.97 Å². The molecule has 2 fully saturated rings. The van der Waals surface area contributed by atoms with Crippen LogP contribution >= 0.6 is 11.8 Å². The molecule has 0 saturated carbocycles. The standard InChI is InChI=1S/C10H17NO3S/c1-8-6-14-4-3-11(8)10(9(12)13)2-5-15-7-10/h8H,2-7H2,1H3,(H,12,13). The first-order chi connectivity index (χ1) is 7.17. The molecule has 2 aliphatic rings. The molecule has 0 amide bonds. The first-order valence-electron chi connectivity index (χ1n) is 5.32. The number of hydrogen-bond donors (Lipinski definition) is 1. The van der Waals surface area contributed by atoms with Gasteiger partial charge in [-0.3, -0.25) is 9.69 Å². The van der Waals surface area contributed by atoms with Gasteiger partial charge < -0.3 is 9.84 Å². The topological polar surface area (TPSA) is 49.8 Å². The number of rotatable bonds is 2. The second kappa shape index (κ2) is 4.31. The molecular formula is C10H17NO3S. The van der Waals surface area contributed by atoms with E-state index in [0.29, 0.717) is 19.0 Å². The van der Waals surface area contributed by atoms with Gasteiger partial charge in [-0.05, 0) is 19.1 Å². The Morgan fingerprint density at radius 1 is 1.67 bits per heavy atom. The van der Waals surface area contributed by atoms with Crippen molar-refractivity contribution < 1.29 is 14.6 Å². The Balaban J connectivity index is 2.19.